The summed E-state index contributed by atoms with van der Waals surface area (Å²) in [6.45, 7) is 10.9. The van der Waals surface area contributed by atoms with Gasteiger partial charge in [-0.1, -0.05) is 6.92 Å². The minimum absolute atomic E-state index is 0.0694. The van der Waals surface area contributed by atoms with Crippen LogP contribution in [0.5, 0.6) is 0 Å². The molecule has 0 radical (unpaired) electrons. The van der Waals surface area contributed by atoms with Gasteiger partial charge in [-0.2, -0.15) is 0 Å². The molecule has 0 heterocycles. The zero-order chi connectivity index (χ0) is 9.02. The second-order valence-electron chi connectivity index (χ2n) is 3.21. The van der Waals surface area contributed by atoms with Gasteiger partial charge in [-0.3, -0.25) is 9.69 Å². The lowest BCUT2D eigenvalue weighted by Crippen LogP contribution is -2.42. The average Bonchev–Trinajstić information content (AvgIpc) is 1.88. The Morgan fingerprint density at radius 1 is 1.36 bits per heavy atom. The van der Waals surface area contributed by atoms with Crippen LogP contribution in [-0.4, -0.2) is 29.3 Å². The number of hydrogen-bond donors (Lipinski definition) is 0. The van der Waals surface area contributed by atoms with E-state index in [9.17, 15) is 4.79 Å². The highest BCUT2D eigenvalue weighted by Crippen LogP contribution is 2.04. The number of likely N-dealkylation sites (N-methyl/N-ethyl adjacent to an activating group) is 1. The van der Waals surface area contributed by atoms with Gasteiger partial charge in [0.25, 0.3) is 0 Å². The Bertz CT molecular complexity index is 132. The molecule has 0 aromatic carbocycles. The SMILES string of the molecule is CCN(C(C)C)C(C)C(C)=O. The Kier molecular flexibility index (Phi) is 4.34. The largest absolute Gasteiger partial charge is 0.298 e. The van der Waals surface area contributed by atoms with Gasteiger partial charge < -0.3 is 0 Å². The van der Waals surface area contributed by atoms with Crippen molar-refractivity contribution in [1.29, 1.82) is 0 Å². The van der Waals surface area contributed by atoms with Crippen LogP contribution in [0, 0.1) is 0 Å². The van der Waals surface area contributed by atoms with Gasteiger partial charge in [0.2, 0.25) is 0 Å². The van der Waals surface area contributed by atoms with Crippen LogP contribution in [0.1, 0.15) is 34.6 Å². The molecule has 66 valence electrons. The van der Waals surface area contributed by atoms with Gasteiger partial charge in [0, 0.05) is 6.04 Å². The Balaban J connectivity index is 4.13. The molecule has 0 saturated carbocycles. The molecule has 0 spiro atoms. The molecule has 0 fully saturated rings. The fourth-order valence-electron chi connectivity index (χ4n) is 1.32. The molecule has 0 aromatic rings. The molecule has 1 atom stereocenters. The summed E-state index contributed by atoms with van der Waals surface area (Å²) in [7, 11) is 0. The van der Waals surface area contributed by atoms with E-state index in [1.807, 2.05) is 6.92 Å². The smallest absolute Gasteiger partial charge is 0.146 e. The predicted molar refractivity (Wildman–Crippen MR) is 47.7 cm³/mol. The molecule has 0 rings (SSSR count). The quantitative estimate of drug-likeness (QED) is 0.619. The molecular formula is C9H19NO. The first kappa shape index (κ1) is 10.6. The molecule has 2 heteroatoms. The minimum atomic E-state index is 0.0694. The standard InChI is InChI=1S/C9H19NO/c1-6-10(7(2)3)8(4)9(5)11/h7-8H,6H2,1-5H3. The summed E-state index contributed by atoms with van der Waals surface area (Å²) in [5.41, 5.74) is 0. The van der Waals surface area contributed by atoms with Crippen molar-refractivity contribution in [3.63, 3.8) is 0 Å². The van der Waals surface area contributed by atoms with E-state index in [4.69, 9.17) is 0 Å². The molecule has 0 N–H and O–H groups in total. The van der Waals surface area contributed by atoms with Crippen molar-refractivity contribution in [2.24, 2.45) is 0 Å². The summed E-state index contributed by atoms with van der Waals surface area (Å²) in [6, 6.07) is 0.527. The van der Waals surface area contributed by atoms with E-state index in [-0.39, 0.29) is 11.8 Å². The van der Waals surface area contributed by atoms with Gasteiger partial charge in [-0.15, -0.1) is 0 Å². The number of ketones is 1. The Morgan fingerprint density at radius 3 is 1.91 bits per heavy atom. The second kappa shape index (κ2) is 4.50. The lowest BCUT2D eigenvalue weighted by molar-refractivity contribution is -0.122. The first-order valence-corrected chi connectivity index (χ1v) is 4.26. The van der Waals surface area contributed by atoms with E-state index in [0.29, 0.717) is 6.04 Å². The number of nitrogens with zero attached hydrogens (tertiary/aromatic N) is 1. The van der Waals surface area contributed by atoms with E-state index < -0.39 is 0 Å². The van der Waals surface area contributed by atoms with Crippen molar-refractivity contribution >= 4 is 5.78 Å². The van der Waals surface area contributed by atoms with E-state index in [0.717, 1.165) is 6.54 Å². The van der Waals surface area contributed by atoms with Crippen molar-refractivity contribution in [2.45, 2.75) is 46.7 Å². The highest BCUT2D eigenvalue weighted by Gasteiger charge is 2.18. The van der Waals surface area contributed by atoms with Gasteiger partial charge in [-0.25, -0.2) is 0 Å². The third-order valence-corrected chi connectivity index (χ3v) is 2.11. The number of Topliss-reactive ketones (excluding diaryl/α,β-unsaturated/α-hetero) is 1. The molecule has 0 aliphatic heterocycles. The highest BCUT2D eigenvalue weighted by atomic mass is 16.1. The van der Waals surface area contributed by atoms with Crippen molar-refractivity contribution in [1.82, 2.24) is 4.90 Å². The molecule has 0 bridgehead atoms. The third kappa shape index (κ3) is 3.02. The summed E-state index contributed by atoms with van der Waals surface area (Å²) in [5, 5.41) is 0. The second-order valence-corrected chi connectivity index (χ2v) is 3.21. The Labute approximate surface area is 69.6 Å². The maximum absolute atomic E-state index is 11.0. The third-order valence-electron chi connectivity index (χ3n) is 2.11. The topological polar surface area (TPSA) is 20.3 Å². The van der Waals surface area contributed by atoms with Crippen LogP contribution in [0.25, 0.3) is 0 Å². The zero-order valence-corrected chi connectivity index (χ0v) is 8.22. The average molecular weight is 157 g/mol. The van der Waals surface area contributed by atoms with Crippen LogP contribution in [0.15, 0.2) is 0 Å². The minimum Gasteiger partial charge on any atom is -0.298 e. The zero-order valence-electron chi connectivity index (χ0n) is 8.22. The summed E-state index contributed by atoms with van der Waals surface area (Å²) in [4.78, 5) is 13.2. The summed E-state index contributed by atoms with van der Waals surface area (Å²) in [6.07, 6.45) is 0. The molecule has 0 aliphatic rings. The van der Waals surface area contributed by atoms with Crippen LogP contribution in [0.4, 0.5) is 0 Å². The first-order chi connectivity index (χ1) is 5.00. The van der Waals surface area contributed by atoms with E-state index in [2.05, 4.69) is 25.7 Å². The molecular weight excluding hydrogens is 138 g/mol. The van der Waals surface area contributed by atoms with Crippen LogP contribution in [-0.2, 0) is 4.79 Å². The number of carbonyl (C=O) groups excluding carboxylic acids is 1. The van der Waals surface area contributed by atoms with Crippen LogP contribution in [0.2, 0.25) is 0 Å². The monoisotopic (exact) mass is 157 g/mol. The first-order valence-electron chi connectivity index (χ1n) is 4.26. The fourth-order valence-corrected chi connectivity index (χ4v) is 1.32. The number of rotatable bonds is 4. The van der Waals surface area contributed by atoms with Crippen LogP contribution >= 0.6 is 0 Å². The lowest BCUT2D eigenvalue weighted by atomic mass is 10.1. The van der Waals surface area contributed by atoms with Gasteiger partial charge in [0.05, 0.1) is 6.04 Å². The number of carbonyl (C=O) groups is 1. The maximum atomic E-state index is 11.0. The molecule has 0 aliphatic carbocycles. The van der Waals surface area contributed by atoms with Crippen LogP contribution in [0.3, 0.4) is 0 Å². The van der Waals surface area contributed by atoms with Crippen molar-refractivity contribution in [2.75, 3.05) is 6.54 Å². The molecule has 0 aromatic heterocycles. The molecule has 0 saturated heterocycles. The molecule has 0 amide bonds. The van der Waals surface area contributed by atoms with Gasteiger partial charge in [0.15, 0.2) is 0 Å². The van der Waals surface area contributed by atoms with Crippen molar-refractivity contribution < 1.29 is 4.79 Å². The fraction of sp³-hybridized carbons (Fsp3) is 0.889. The van der Waals surface area contributed by atoms with E-state index >= 15 is 0 Å². The summed E-state index contributed by atoms with van der Waals surface area (Å²) < 4.78 is 0. The highest BCUT2D eigenvalue weighted by molar-refractivity contribution is 5.80. The maximum Gasteiger partial charge on any atom is 0.146 e. The van der Waals surface area contributed by atoms with E-state index in [1.54, 1.807) is 6.92 Å². The molecule has 11 heavy (non-hydrogen) atoms. The number of hydrogen-bond acceptors (Lipinski definition) is 2. The normalized spacial score (nSPS) is 14.1. The summed E-state index contributed by atoms with van der Waals surface area (Å²) in [5.74, 6) is 0.251. The van der Waals surface area contributed by atoms with E-state index in [1.165, 1.54) is 0 Å². The molecule has 1 unspecified atom stereocenters. The predicted octanol–water partition coefficient (Wildman–Crippen LogP) is 1.69. The lowest BCUT2D eigenvalue weighted by Gasteiger charge is -2.29. The Morgan fingerprint density at radius 2 is 1.82 bits per heavy atom. The van der Waals surface area contributed by atoms with Gasteiger partial charge in [0.1, 0.15) is 5.78 Å². The molecule has 2 nitrogen and oxygen atoms in total. The summed E-state index contributed by atoms with van der Waals surface area (Å²) >= 11 is 0. The Hall–Kier alpha value is -0.370. The van der Waals surface area contributed by atoms with Crippen molar-refractivity contribution in [3.8, 4) is 0 Å². The van der Waals surface area contributed by atoms with Crippen molar-refractivity contribution in [3.05, 3.63) is 0 Å². The van der Waals surface area contributed by atoms with Gasteiger partial charge >= 0.3 is 0 Å². The van der Waals surface area contributed by atoms with Crippen LogP contribution < -0.4 is 0 Å². The van der Waals surface area contributed by atoms with Gasteiger partial charge in [-0.05, 0) is 34.2 Å².